The van der Waals surface area contributed by atoms with Gasteiger partial charge in [0.05, 0.1) is 11.6 Å². The number of nitrogens with one attached hydrogen (secondary N) is 1. The zero-order valence-corrected chi connectivity index (χ0v) is 18.1. The molecule has 0 aliphatic carbocycles. The van der Waals surface area contributed by atoms with Gasteiger partial charge in [-0.05, 0) is 77.5 Å². The second-order valence-electron chi connectivity index (χ2n) is 9.01. The minimum atomic E-state index is -1.08. The van der Waals surface area contributed by atoms with Crippen molar-refractivity contribution >= 4 is 16.6 Å². The van der Waals surface area contributed by atoms with Gasteiger partial charge in [-0.15, -0.1) is 0 Å². The predicted molar refractivity (Wildman–Crippen MR) is 117 cm³/mol. The number of aromatic nitrogens is 1. The monoisotopic (exact) mass is 398 g/mol. The van der Waals surface area contributed by atoms with Crippen molar-refractivity contribution in [2.75, 3.05) is 38.1 Å². The molecule has 29 heavy (non-hydrogen) atoms. The molecule has 0 saturated carbocycles. The van der Waals surface area contributed by atoms with E-state index in [1.165, 1.54) is 5.56 Å². The maximum absolute atomic E-state index is 11.3. The molecule has 2 aromatic rings. The highest BCUT2D eigenvalue weighted by atomic mass is 16.5. The summed E-state index contributed by atoms with van der Waals surface area (Å²) in [5.74, 6) is 0. The summed E-state index contributed by atoms with van der Waals surface area (Å²) in [5.41, 5.74) is 2.30. The minimum absolute atomic E-state index is 0.0348. The fourth-order valence-corrected chi connectivity index (χ4v) is 4.69. The van der Waals surface area contributed by atoms with Crippen LogP contribution in [0.4, 0.5) is 5.69 Å². The Bertz CT molecular complexity index is 848. The van der Waals surface area contributed by atoms with Gasteiger partial charge >= 0.3 is 0 Å². The molecule has 6 heteroatoms. The number of benzene rings is 1. The number of hydrogen-bond donors (Lipinski definition) is 2. The van der Waals surface area contributed by atoms with E-state index in [9.17, 15) is 5.11 Å². The summed E-state index contributed by atoms with van der Waals surface area (Å²) < 4.78 is 6.22. The number of aliphatic hydroxyl groups is 1. The molecule has 1 aromatic heterocycles. The summed E-state index contributed by atoms with van der Waals surface area (Å²) in [5, 5.41) is 16.0. The third-order valence-electron chi connectivity index (χ3n) is 6.39. The summed E-state index contributed by atoms with van der Waals surface area (Å²) in [7, 11) is 2.15. The minimum Gasteiger partial charge on any atom is -0.373 e. The van der Waals surface area contributed by atoms with Gasteiger partial charge in [-0.1, -0.05) is 6.07 Å². The molecule has 2 aliphatic heterocycles. The van der Waals surface area contributed by atoms with E-state index in [1.54, 1.807) is 0 Å². The van der Waals surface area contributed by atoms with Crippen LogP contribution in [0.2, 0.25) is 0 Å². The van der Waals surface area contributed by atoms with Crippen LogP contribution in [-0.2, 0) is 4.74 Å². The van der Waals surface area contributed by atoms with Crippen molar-refractivity contribution in [3.63, 3.8) is 0 Å². The Labute approximate surface area is 173 Å². The van der Waals surface area contributed by atoms with Crippen LogP contribution in [0.5, 0.6) is 0 Å². The van der Waals surface area contributed by atoms with Crippen molar-refractivity contribution in [1.82, 2.24) is 15.2 Å². The first-order valence-electron chi connectivity index (χ1n) is 10.8. The lowest BCUT2D eigenvalue weighted by atomic mass is 9.99. The Kier molecular flexibility index (Phi) is 5.80. The maximum Gasteiger partial charge on any atom is 0.141 e. The molecule has 2 saturated heterocycles. The Morgan fingerprint density at radius 1 is 1.21 bits per heavy atom. The summed E-state index contributed by atoms with van der Waals surface area (Å²) in [6.45, 7) is 9.60. The highest BCUT2D eigenvalue weighted by Gasteiger charge is 2.40. The van der Waals surface area contributed by atoms with Gasteiger partial charge in [0.25, 0.3) is 0 Å². The molecule has 0 radical (unpaired) electrons. The largest absolute Gasteiger partial charge is 0.373 e. The summed E-state index contributed by atoms with van der Waals surface area (Å²) in [4.78, 5) is 9.26. The van der Waals surface area contributed by atoms with Gasteiger partial charge in [-0.2, -0.15) is 0 Å². The number of piperidine rings is 1. The zero-order chi connectivity index (χ0) is 20.6. The summed E-state index contributed by atoms with van der Waals surface area (Å²) in [6, 6.07) is 8.75. The second-order valence-corrected chi connectivity index (χ2v) is 9.01. The number of fused-ring (bicyclic) bond motifs is 1. The van der Waals surface area contributed by atoms with E-state index in [1.807, 2.05) is 19.2 Å². The second kappa shape index (κ2) is 8.19. The number of anilines is 1. The van der Waals surface area contributed by atoms with E-state index in [4.69, 9.17) is 4.74 Å². The van der Waals surface area contributed by atoms with Crippen molar-refractivity contribution in [3.05, 3.63) is 36.0 Å². The average molecular weight is 399 g/mol. The van der Waals surface area contributed by atoms with Crippen LogP contribution in [0.15, 0.2) is 30.5 Å². The SMILES string of the molecule is Cc1ccc(N2C[C@@H](C)O[C@@H](C(C)(O)NC3CCN(C)CC3)C2)c2cccnc12. The van der Waals surface area contributed by atoms with Crippen LogP contribution in [0, 0.1) is 6.92 Å². The molecule has 3 heterocycles. The van der Waals surface area contributed by atoms with Gasteiger partial charge in [-0.25, -0.2) is 0 Å². The average Bonchev–Trinajstić information content (AvgIpc) is 2.70. The lowest BCUT2D eigenvalue weighted by Gasteiger charge is -2.46. The van der Waals surface area contributed by atoms with Gasteiger partial charge in [0.2, 0.25) is 0 Å². The highest BCUT2D eigenvalue weighted by molar-refractivity contribution is 5.93. The lowest BCUT2D eigenvalue weighted by Crippen LogP contribution is -2.64. The molecule has 0 bridgehead atoms. The van der Waals surface area contributed by atoms with Crippen molar-refractivity contribution in [2.45, 2.75) is 57.6 Å². The number of morpholine rings is 1. The first kappa shape index (κ1) is 20.5. The topological polar surface area (TPSA) is 60.9 Å². The summed E-state index contributed by atoms with van der Waals surface area (Å²) >= 11 is 0. The van der Waals surface area contributed by atoms with E-state index in [2.05, 4.69) is 59.2 Å². The maximum atomic E-state index is 11.3. The molecule has 3 atom stereocenters. The number of nitrogens with zero attached hydrogens (tertiary/aromatic N) is 3. The number of hydrogen-bond acceptors (Lipinski definition) is 6. The fraction of sp³-hybridized carbons (Fsp3) is 0.609. The van der Waals surface area contributed by atoms with Crippen LogP contribution in [0.25, 0.3) is 10.9 Å². The number of aryl methyl sites for hydroxylation is 1. The Morgan fingerprint density at radius 2 is 1.97 bits per heavy atom. The normalized spacial score (nSPS) is 26.6. The van der Waals surface area contributed by atoms with Gasteiger partial charge in [0.1, 0.15) is 11.8 Å². The number of likely N-dealkylation sites (tertiary alicyclic amines) is 1. The zero-order valence-electron chi connectivity index (χ0n) is 18.1. The van der Waals surface area contributed by atoms with Crippen LogP contribution in [0.1, 0.15) is 32.3 Å². The molecule has 1 unspecified atom stereocenters. The Balaban J connectivity index is 1.55. The Morgan fingerprint density at radius 3 is 2.72 bits per heavy atom. The van der Waals surface area contributed by atoms with E-state index in [-0.39, 0.29) is 12.2 Å². The van der Waals surface area contributed by atoms with Crippen molar-refractivity contribution in [3.8, 4) is 0 Å². The Hall–Kier alpha value is -1.73. The van der Waals surface area contributed by atoms with Crippen LogP contribution in [-0.4, -0.2) is 72.2 Å². The smallest absolute Gasteiger partial charge is 0.141 e. The van der Waals surface area contributed by atoms with Gasteiger partial charge < -0.3 is 19.6 Å². The molecular weight excluding hydrogens is 364 g/mol. The molecule has 4 rings (SSSR count). The van der Waals surface area contributed by atoms with E-state index in [0.717, 1.165) is 49.1 Å². The van der Waals surface area contributed by atoms with Crippen molar-refractivity contribution < 1.29 is 9.84 Å². The fourth-order valence-electron chi connectivity index (χ4n) is 4.69. The molecule has 2 fully saturated rings. The van der Waals surface area contributed by atoms with Crippen LogP contribution in [0.3, 0.4) is 0 Å². The molecule has 0 spiro atoms. The first-order chi connectivity index (χ1) is 13.8. The number of rotatable bonds is 4. The lowest BCUT2D eigenvalue weighted by molar-refractivity contribution is -0.149. The van der Waals surface area contributed by atoms with Crippen LogP contribution >= 0.6 is 0 Å². The quantitative estimate of drug-likeness (QED) is 0.772. The van der Waals surface area contributed by atoms with E-state index < -0.39 is 5.72 Å². The van der Waals surface area contributed by atoms with Gasteiger partial charge in [-0.3, -0.25) is 10.3 Å². The molecular formula is C23H34N4O2. The number of pyridine rings is 1. The van der Waals surface area contributed by atoms with Gasteiger partial charge in [0.15, 0.2) is 0 Å². The van der Waals surface area contributed by atoms with Crippen molar-refractivity contribution in [2.24, 2.45) is 0 Å². The third kappa shape index (κ3) is 4.40. The highest BCUT2D eigenvalue weighted by Crippen LogP contribution is 2.31. The van der Waals surface area contributed by atoms with E-state index >= 15 is 0 Å². The van der Waals surface area contributed by atoms with Crippen molar-refractivity contribution in [1.29, 1.82) is 0 Å². The standard InChI is InChI=1S/C23H34N4O2/c1-16-7-8-20(19-6-5-11-24-22(16)19)27-14-17(2)29-21(15-27)23(3,28)25-18-9-12-26(4)13-10-18/h5-8,11,17-18,21,25,28H,9-10,12-15H2,1-4H3/t17-,21-,23?/m1/s1. The molecule has 1 aromatic carbocycles. The number of ether oxygens (including phenoxy) is 1. The molecule has 0 amide bonds. The van der Waals surface area contributed by atoms with Crippen LogP contribution < -0.4 is 10.2 Å². The van der Waals surface area contributed by atoms with Gasteiger partial charge in [0, 0.05) is 36.4 Å². The molecule has 2 N–H and O–H groups in total. The molecule has 6 nitrogen and oxygen atoms in total. The molecule has 158 valence electrons. The summed E-state index contributed by atoms with van der Waals surface area (Å²) in [6.07, 6.45) is 3.67. The molecule has 2 aliphatic rings. The first-order valence-corrected chi connectivity index (χ1v) is 10.8. The third-order valence-corrected chi connectivity index (χ3v) is 6.39. The predicted octanol–water partition coefficient (Wildman–Crippen LogP) is 2.53. The van der Waals surface area contributed by atoms with E-state index in [0.29, 0.717) is 12.6 Å².